The highest BCUT2D eigenvalue weighted by molar-refractivity contribution is 7.88. The molecule has 1 rings (SSSR count). The Bertz CT molecular complexity index is 341. The Morgan fingerprint density at radius 2 is 2.18 bits per heavy atom. The van der Waals surface area contributed by atoms with Crippen molar-refractivity contribution >= 4 is 10.0 Å². The Kier molecular flexibility index (Phi) is 4.95. The van der Waals surface area contributed by atoms with Gasteiger partial charge < -0.3 is 10.8 Å². The number of sulfonamides is 1. The Hall–Kier alpha value is -0.170. The number of nitrogens with zero attached hydrogens (tertiary/aromatic N) is 1. The number of hydrogen-bond donors (Lipinski definition) is 2. The molecule has 0 radical (unpaired) electrons. The summed E-state index contributed by atoms with van der Waals surface area (Å²) in [6, 6.07) is 0. The molecule has 0 aromatic carbocycles. The van der Waals surface area contributed by atoms with Gasteiger partial charge in [-0.25, -0.2) is 12.7 Å². The van der Waals surface area contributed by atoms with Crippen LogP contribution in [0.15, 0.2) is 0 Å². The van der Waals surface area contributed by atoms with Gasteiger partial charge in [-0.05, 0) is 45.1 Å². The van der Waals surface area contributed by atoms with Gasteiger partial charge in [0.25, 0.3) is 0 Å². The fourth-order valence-corrected chi connectivity index (χ4v) is 3.47. The Balaban J connectivity index is 2.56. The van der Waals surface area contributed by atoms with Crippen LogP contribution in [0.3, 0.4) is 0 Å². The zero-order valence-electron chi connectivity index (χ0n) is 10.7. The number of hydrogen-bond acceptors (Lipinski definition) is 4. The van der Waals surface area contributed by atoms with Crippen LogP contribution in [0, 0.1) is 5.92 Å². The maximum Gasteiger partial charge on any atom is 0.211 e. The van der Waals surface area contributed by atoms with Gasteiger partial charge in [-0.15, -0.1) is 0 Å². The summed E-state index contributed by atoms with van der Waals surface area (Å²) in [4.78, 5) is 0. The molecule has 2 unspecified atom stereocenters. The molecule has 1 aliphatic heterocycles. The Morgan fingerprint density at radius 1 is 1.53 bits per heavy atom. The number of rotatable bonds is 5. The van der Waals surface area contributed by atoms with Crippen LogP contribution in [-0.2, 0) is 10.0 Å². The highest BCUT2D eigenvalue weighted by Crippen LogP contribution is 2.27. The fraction of sp³-hybridized carbons (Fsp3) is 1.00. The van der Waals surface area contributed by atoms with Gasteiger partial charge in [0.2, 0.25) is 10.0 Å². The topological polar surface area (TPSA) is 83.6 Å². The van der Waals surface area contributed by atoms with Gasteiger partial charge in [0.1, 0.15) is 0 Å². The molecule has 1 saturated heterocycles. The summed E-state index contributed by atoms with van der Waals surface area (Å²) in [7, 11) is -3.10. The molecule has 0 aromatic heterocycles. The maximum atomic E-state index is 11.5. The summed E-state index contributed by atoms with van der Waals surface area (Å²) in [6.45, 7) is 3.36. The molecule has 0 aliphatic carbocycles. The molecular weight excluding hydrogens is 240 g/mol. The van der Waals surface area contributed by atoms with Crippen molar-refractivity contribution in [1.82, 2.24) is 4.31 Å². The molecule has 2 atom stereocenters. The first-order valence-electron chi connectivity index (χ1n) is 6.12. The standard InChI is InChI=1S/C11H24N2O3S/c1-11(14,5-6-12)8-10-4-3-7-13(9-10)17(2,15)16/h10,14H,3-9,12H2,1-2H3. The van der Waals surface area contributed by atoms with E-state index in [1.807, 2.05) is 0 Å². The van der Waals surface area contributed by atoms with Crippen molar-refractivity contribution in [3.8, 4) is 0 Å². The van der Waals surface area contributed by atoms with Crippen molar-refractivity contribution in [2.45, 2.75) is 38.2 Å². The quantitative estimate of drug-likeness (QED) is 0.740. The van der Waals surface area contributed by atoms with Crippen LogP contribution in [-0.4, -0.2) is 49.3 Å². The van der Waals surface area contributed by atoms with E-state index in [2.05, 4.69) is 0 Å². The van der Waals surface area contributed by atoms with Crippen LogP contribution in [0.1, 0.15) is 32.6 Å². The molecule has 3 N–H and O–H groups in total. The minimum absolute atomic E-state index is 0.236. The highest BCUT2D eigenvalue weighted by atomic mass is 32.2. The zero-order chi connectivity index (χ0) is 13.1. The molecule has 0 saturated carbocycles. The molecule has 0 bridgehead atoms. The van der Waals surface area contributed by atoms with E-state index >= 15 is 0 Å². The van der Waals surface area contributed by atoms with Crippen LogP contribution < -0.4 is 5.73 Å². The van der Waals surface area contributed by atoms with Gasteiger partial charge >= 0.3 is 0 Å². The van der Waals surface area contributed by atoms with Crippen molar-refractivity contribution < 1.29 is 13.5 Å². The first-order chi connectivity index (χ1) is 7.74. The minimum atomic E-state index is -3.10. The molecule has 6 heteroatoms. The first-order valence-corrected chi connectivity index (χ1v) is 7.97. The van der Waals surface area contributed by atoms with Gasteiger partial charge in [0.05, 0.1) is 11.9 Å². The smallest absolute Gasteiger partial charge is 0.211 e. The normalized spacial score (nSPS) is 26.7. The van der Waals surface area contributed by atoms with Crippen molar-refractivity contribution in [1.29, 1.82) is 0 Å². The Labute approximate surface area is 104 Å². The van der Waals surface area contributed by atoms with Crippen molar-refractivity contribution in [2.75, 3.05) is 25.9 Å². The molecule has 0 amide bonds. The third-order valence-corrected chi connectivity index (χ3v) is 4.63. The molecule has 5 nitrogen and oxygen atoms in total. The number of aliphatic hydroxyl groups is 1. The predicted molar refractivity (Wildman–Crippen MR) is 68.1 cm³/mol. The summed E-state index contributed by atoms with van der Waals surface area (Å²) < 4.78 is 24.4. The van der Waals surface area contributed by atoms with Gasteiger partial charge in [0, 0.05) is 13.1 Å². The van der Waals surface area contributed by atoms with Crippen LogP contribution in [0.25, 0.3) is 0 Å². The van der Waals surface area contributed by atoms with Crippen LogP contribution in [0.4, 0.5) is 0 Å². The molecule has 1 heterocycles. The predicted octanol–water partition coefficient (Wildman–Crippen LogP) is 0.148. The molecular formula is C11H24N2O3S. The van der Waals surface area contributed by atoms with Crippen molar-refractivity contribution in [3.63, 3.8) is 0 Å². The number of nitrogens with two attached hydrogens (primary N) is 1. The lowest BCUT2D eigenvalue weighted by atomic mass is 9.85. The van der Waals surface area contributed by atoms with Gasteiger partial charge in [-0.1, -0.05) is 0 Å². The molecule has 0 spiro atoms. The van der Waals surface area contributed by atoms with E-state index in [-0.39, 0.29) is 5.92 Å². The summed E-state index contributed by atoms with van der Waals surface area (Å²) in [6.07, 6.45) is 4.27. The summed E-state index contributed by atoms with van der Waals surface area (Å²) >= 11 is 0. The average molecular weight is 264 g/mol. The van der Waals surface area contributed by atoms with Crippen LogP contribution in [0.5, 0.6) is 0 Å². The lowest BCUT2D eigenvalue weighted by Gasteiger charge is -2.35. The molecule has 1 aliphatic rings. The minimum Gasteiger partial charge on any atom is -0.390 e. The van der Waals surface area contributed by atoms with Gasteiger partial charge in [0.15, 0.2) is 0 Å². The summed E-state index contributed by atoms with van der Waals surface area (Å²) in [5.41, 5.74) is 4.67. The lowest BCUT2D eigenvalue weighted by Crippen LogP contribution is -2.42. The third kappa shape index (κ3) is 4.91. The molecule has 0 aromatic rings. The van der Waals surface area contributed by atoms with E-state index in [1.54, 1.807) is 6.92 Å². The second-order valence-corrected chi connectivity index (χ2v) is 7.35. The maximum absolute atomic E-state index is 11.5. The summed E-state index contributed by atoms with van der Waals surface area (Å²) in [5, 5.41) is 10.1. The van der Waals surface area contributed by atoms with E-state index in [9.17, 15) is 13.5 Å². The SMILES string of the molecule is CC(O)(CCN)CC1CCCN(S(C)(=O)=O)C1. The molecule has 102 valence electrons. The molecule has 1 fully saturated rings. The lowest BCUT2D eigenvalue weighted by molar-refractivity contribution is 0.0194. The number of piperidine rings is 1. The van der Waals surface area contributed by atoms with Gasteiger partial charge in [-0.3, -0.25) is 0 Å². The van der Waals surface area contributed by atoms with E-state index in [0.717, 1.165) is 12.8 Å². The van der Waals surface area contributed by atoms with E-state index in [4.69, 9.17) is 5.73 Å². The third-order valence-electron chi connectivity index (χ3n) is 3.36. The largest absolute Gasteiger partial charge is 0.390 e. The van der Waals surface area contributed by atoms with Crippen LogP contribution in [0.2, 0.25) is 0 Å². The zero-order valence-corrected chi connectivity index (χ0v) is 11.5. The molecule has 17 heavy (non-hydrogen) atoms. The second-order valence-electron chi connectivity index (χ2n) is 5.37. The van der Waals surface area contributed by atoms with Gasteiger partial charge in [-0.2, -0.15) is 0 Å². The average Bonchev–Trinajstić information content (AvgIpc) is 2.15. The first kappa shape index (κ1) is 14.9. The monoisotopic (exact) mass is 264 g/mol. The van der Waals surface area contributed by atoms with Crippen LogP contribution >= 0.6 is 0 Å². The summed E-state index contributed by atoms with van der Waals surface area (Å²) in [5.74, 6) is 0.236. The van der Waals surface area contributed by atoms with Crippen molar-refractivity contribution in [3.05, 3.63) is 0 Å². The van der Waals surface area contributed by atoms with E-state index in [1.165, 1.54) is 10.6 Å². The fourth-order valence-electron chi connectivity index (χ4n) is 2.53. The van der Waals surface area contributed by atoms with E-state index < -0.39 is 15.6 Å². The second kappa shape index (κ2) is 5.65. The highest BCUT2D eigenvalue weighted by Gasteiger charge is 2.30. The van der Waals surface area contributed by atoms with Crippen molar-refractivity contribution in [2.24, 2.45) is 11.7 Å². The van der Waals surface area contributed by atoms with E-state index in [0.29, 0.717) is 32.5 Å². The Morgan fingerprint density at radius 3 is 2.71 bits per heavy atom.